The summed E-state index contributed by atoms with van der Waals surface area (Å²) in [7, 11) is 0. The molecule has 3 N–H and O–H groups in total. The summed E-state index contributed by atoms with van der Waals surface area (Å²) < 4.78 is 0. The van der Waals surface area contributed by atoms with Gasteiger partial charge in [0.05, 0.1) is 17.9 Å². The van der Waals surface area contributed by atoms with E-state index in [4.69, 9.17) is 10.2 Å². The number of carbonyl (C=O) groups is 2. The zero-order chi connectivity index (χ0) is 12.9. The highest BCUT2D eigenvalue weighted by molar-refractivity contribution is 7.12. The molecule has 6 heteroatoms. The third kappa shape index (κ3) is 4.16. The molecule has 1 aromatic rings. The van der Waals surface area contributed by atoms with Crippen LogP contribution in [0.4, 0.5) is 0 Å². The molecule has 0 fully saturated rings. The molecule has 1 aromatic heterocycles. The number of aliphatic hydroxyl groups excluding tert-OH is 1. The number of carbonyl (C=O) groups excluding carboxylic acids is 1. The summed E-state index contributed by atoms with van der Waals surface area (Å²) in [5.41, 5.74) is -0.835. The number of hydrogen-bond acceptors (Lipinski definition) is 4. The highest BCUT2D eigenvalue weighted by Gasteiger charge is 2.27. The van der Waals surface area contributed by atoms with Crippen molar-refractivity contribution in [3.05, 3.63) is 22.4 Å². The second-order valence-corrected chi connectivity index (χ2v) is 5.15. The minimum absolute atomic E-state index is 0.131. The quantitative estimate of drug-likeness (QED) is 0.708. The molecular formula is C11H15NO4S. The van der Waals surface area contributed by atoms with Gasteiger partial charge in [0.1, 0.15) is 0 Å². The molecule has 0 aromatic carbocycles. The Kier molecular flexibility index (Phi) is 4.65. The van der Waals surface area contributed by atoms with Crippen LogP contribution in [0, 0.1) is 5.41 Å². The van der Waals surface area contributed by atoms with Gasteiger partial charge in [-0.25, -0.2) is 0 Å². The molecule has 0 aliphatic rings. The number of aliphatic hydroxyl groups is 1. The van der Waals surface area contributed by atoms with Crippen LogP contribution in [0.3, 0.4) is 0 Å². The monoisotopic (exact) mass is 257 g/mol. The average molecular weight is 257 g/mol. The fourth-order valence-corrected chi connectivity index (χ4v) is 1.97. The van der Waals surface area contributed by atoms with Crippen molar-refractivity contribution in [1.82, 2.24) is 5.32 Å². The zero-order valence-corrected chi connectivity index (χ0v) is 10.3. The summed E-state index contributed by atoms with van der Waals surface area (Å²) in [6.07, 6.45) is -0.186. The van der Waals surface area contributed by atoms with Crippen molar-refractivity contribution in [2.45, 2.75) is 13.3 Å². The minimum Gasteiger partial charge on any atom is -0.481 e. The van der Waals surface area contributed by atoms with E-state index in [0.29, 0.717) is 4.88 Å². The van der Waals surface area contributed by atoms with Crippen molar-refractivity contribution in [3.63, 3.8) is 0 Å². The first-order chi connectivity index (χ1) is 7.97. The Balaban J connectivity index is 2.53. The second-order valence-electron chi connectivity index (χ2n) is 4.20. The first-order valence-electron chi connectivity index (χ1n) is 5.11. The number of thiophene rings is 1. The zero-order valence-electron chi connectivity index (χ0n) is 9.47. The molecule has 1 atom stereocenters. The van der Waals surface area contributed by atoms with Gasteiger partial charge < -0.3 is 15.5 Å². The first-order valence-corrected chi connectivity index (χ1v) is 5.99. The van der Waals surface area contributed by atoms with Crippen LogP contribution in [0.1, 0.15) is 23.0 Å². The summed E-state index contributed by atoms with van der Waals surface area (Å²) in [4.78, 5) is 22.8. The largest absolute Gasteiger partial charge is 0.481 e. The predicted molar refractivity (Wildman–Crippen MR) is 64.1 cm³/mol. The summed E-state index contributed by atoms with van der Waals surface area (Å²) >= 11 is 1.31. The number of aliphatic carboxylic acids is 1. The van der Waals surface area contributed by atoms with Crippen LogP contribution in [0.2, 0.25) is 0 Å². The molecule has 0 aliphatic heterocycles. The standard InChI is InChI=1S/C11H15NO4S/c1-11(7-13,5-9(14)15)6-12-10(16)8-3-2-4-17-8/h2-4,13H,5-7H2,1H3,(H,12,16)(H,14,15). The van der Waals surface area contributed by atoms with Crippen molar-refractivity contribution >= 4 is 23.2 Å². The van der Waals surface area contributed by atoms with E-state index in [2.05, 4.69) is 5.32 Å². The highest BCUT2D eigenvalue weighted by Crippen LogP contribution is 2.19. The summed E-state index contributed by atoms with van der Waals surface area (Å²) in [5.74, 6) is -1.24. The number of hydrogen-bond donors (Lipinski definition) is 3. The van der Waals surface area contributed by atoms with Gasteiger partial charge in [-0.1, -0.05) is 13.0 Å². The van der Waals surface area contributed by atoms with Gasteiger partial charge in [0.25, 0.3) is 5.91 Å². The molecule has 0 bridgehead atoms. The Hall–Kier alpha value is -1.40. The van der Waals surface area contributed by atoms with Crippen LogP contribution in [0.25, 0.3) is 0 Å². The van der Waals surface area contributed by atoms with E-state index in [-0.39, 0.29) is 25.5 Å². The fraction of sp³-hybridized carbons (Fsp3) is 0.455. The van der Waals surface area contributed by atoms with Crippen molar-refractivity contribution in [2.75, 3.05) is 13.2 Å². The number of amides is 1. The second kappa shape index (κ2) is 5.79. The molecule has 94 valence electrons. The maximum atomic E-state index is 11.6. The summed E-state index contributed by atoms with van der Waals surface area (Å²) in [5, 5.41) is 22.3. The Labute approximate surface area is 103 Å². The number of carboxylic acids is 1. The molecule has 0 aliphatic carbocycles. The minimum atomic E-state index is -0.994. The smallest absolute Gasteiger partial charge is 0.304 e. The van der Waals surface area contributed by atoms with E-state index in [1.807, 2.05) is 0 Å². The average Bonchev–Trinajstić information content (AvgIpc) is 2.78. The Morgan fingerprint density at radius 2 is 2.24 bits per heavy atom. The maximum absolute atomic E-state index is 11.6. The Bertz CT molecular complexity index is 390. The normalized spacial score (nSPS) is 14.0. The molecule has 1 rings (SSSR count). The Morgan fingerprint density at radius 3 is 2.71 bits per heavy atom. The van der Waals surface area contributed by atoms with Crippen LogP contribution in [0.15, 0.2) is 17.5 Å². The Morgan fingerprint density at radius 1 is 1.53 bits per heavy atom. The highest BCUT2D eigenvalue weighted by atomic mass is 32.1. The molecule has 17 heavy (non-hydrogen) atoms. The third-order valence-electron chi connectivity index (χ3n) is 2.38. The van der Waals surface area contributed by atoms with E-state index in [1.165, 1.54) is 11.3 Å². The van der Waals surface area contributed by atoms with Crippen LogP contribution in [0.5, 0.6) is 0 Å². The fourth-order valence-electron chi connectivity index (χ4n) is 1.33. The lowest BCUT2D eigenvalue weighted by Crippen LogP contribution is -2.39. The van der Waals surface area contributed by atoms with Gasteiger partial charge in [-0.05, 0) is 11.4 Å². The van der Waals surface area contributed by atoms with E-state index >= 15 is 0 Å². The lowest BCUT2D eigenvalue weighted by Gasteiger charge is -2.25. The van der Waals surface area contributed by atoms with Crippen LogP contribution >= 0.6 is 11.3 Å². The van der Waals surface area contributed by atoms with Gasteiger partial charge in [-0.2, -0.15) is 0 Å². The van der Waals surface area contributed by atoms with Crippen LogP contribution in [-0.2, 0) is 4.79 Å². The molecule has 0 saturated heterocycles. The molecule has 1 amide bonds. The van der Waals surface area contributed by atoms with Crippen LogP contribution in [-0.4, -0.2) is 35.2 Å². The van der Waals surface area contributed by atoms with Gasteiger partial charge in [-0.3, -0.25) is 9.59 Å². The summed E-state index contributed by atoms with van der Waals surface area (Å²) in [6.45, 7) is 1.46. The van der Waals surface area contributed by atoms with E-state index in [1.54, 1.807) is 24.4 Å². The first kappa shape index (κ1) is 13.7. The van der Waals surface area contributed by atoms with Gasteiger partial charge >= 0.3 is 5.97 Å². The molecule has 0 radical (unpaired) electrons. The lowest BCUT2D eigenvalue weighted by molar-refractivity contribution is -0.140. The topological polar surface area (TPSA) is 86.6 Å². The van der Waals surface area contributed by atoms with E-state index in [9.17, 15) is 9.59 Å². The number of nitrogens with one attached hydrogen (secondary N) is 1. The lowest BCUT2D eigenvalue weighted by atomic mass is 9.88. The van der Waals surface area contributed by atoms with Crippen molar-refractivity contribution in [1.29, 1.82) is 0 Å². The van der Waals surface area contributed by atoms with Crippen molar-refractivity contribution in [2.24, 2.45) is 5.41 Å². The van der Waals surface area contributed by atoms with Gasteiger partial charge in [0.15, 0.2) is 0 Å². The number of carboxylic acid groups (broad SMARTS) is 1. The number of rotatable bonds is 6. The van der Waals surface area contributed by atoms with Gasteiger partial charge in [0, 0.05) is 12.0 Å². The van der Waals surface area contributed by atoms with Gasteiger partial charge in [-0.15, -0.1) is 11.3 Å². The summed E-state index contributed by atoms with van der Waals surface area (Å²) in [6, 6.07) is 3.45. The van der Waals surface area contributed by atoms with Crippen LogP contribution < -0.4 is 5.32 Å². The molecule has 5 nitrogen and oxygen atoms in total. The third-order valence-corrected chi connectivity index (χ3v) is 3.25. The molecule has 0 saturated carbocycles. The SMILES string of the molecule is CC(CO)(CNC(=O)c1cccs1)CC(=O)O. The molecule has 1 unspecified atom stereocenters. The molecular weight excluding hydrogens is 242 g/mol. The molecule has 0 spiro atoms. The van der Waals surface area contributed by atoms with Gasteiger partial charge in [0.2, 0.25) is 0 Å². The van der Waals surface area contributed by atoms with Crippen molar-refractivity contribution in [3.8, 4) is 0 Å². The van der Waals surface area contributed by atoms with E-state index in [0.717, 1.165) is 0 Å². The maximum Gasteiger partial charge on any atom is 0.304 e. The predicted octanol–water partition coefficient (Wildman–Crippen LogP) is 0.951. The van der Waals surface area contributed by atoms with Crippen molar-refractivity contribution < 1.29 is 19.8 Å². The molecule has 1 heterocycles. The van der Waals surface area contributed by atoms with E-state index < -0.39 is 11.4 Å².